The number of ether oxygens (including phenoxy) is 3. The maximum absolute atomic E-state index is 12.8. The van der Waals surface area contributed by atoms with Crippen LogP contribution < -0.4 is 20.1 Å². The molecule has 0 saturated heterocycles. The molecule has 2 N–H and O–H groups in total. The Kier molecular flexibility index (Phi) is 4.01. The Morgan fingerprint density at radius 1 is 1.37 bits per heavy atom. The molecule has 0 unspecified atom stereocenters. The summed E-state index contributed by atoms with van der Waals surface area (Å²) >= 11 is 5.02. The summed E-state index contributed by atoms with van der Waals surface area (Å²) in [5.74, 6) is -0.0384. The van der Waals surface area contributed by atoms with E-state index in [1.54, 1.807) is 13.2 Å². The fraction of sp³-hybridized carbons (Fsp3) is 0.364. The lowest BCUT2D eigenvalue weighted by atomic mass is 10.3. The summed E-state index contributed by atoms with van der Waals surface area (Å²) in [6.07, 6.45) is -3.61. The molecule has 1 aromatic rings. The van der Waals surface area contributed by atoms with Gasteiger partial charge in [-0.25, -0.2) is 0 Å². The summed E-state index contributed by atoms with van der Waals surface area (Å²) in [4.78, 5) is 0. The zero-order valence-corrected chi connectivity index (χ0v) is 10.9. The van der Waals surface area contributed by atoms with Crippen molar-refractivity contribution in [3.63, 3.8) is 0 Å². The molecule has 0 amide bonds. The van der Waals surface area contributed by atoms with Gasteiger partial charge in [0.2, 0.25) is 0 Å². The molecule has 104 valence electrons. The number of hydrogen-bond donors (Lipinski definition) is 2. The predicted octanol–water partition coefficient (Wildman–Crippen LogP) is 1.94. The van der Waals surface area contributed by atoms with E-state index in [-0.39, 0.29) is 11.5 Å². The van der Waals surface area contributed by atoms with Gasteiger partial charge in [0.1, 0.15) is 0 Å². The standard InChI is InChI=1S/C11H12F2N2O3S/c1-16-5-4-14-10(19)15-7-2-3-8-9(6-7)18-11(12,13)17-8/h2-3,6H,4-5H2,1H3,(H2,14,15,19). The number of anilines is 1. The monoisotopic (exact) mass is 290 g/mol. The Hall–Kier alpha value is -1.67. The lowest BCUT2D eigenvalue weighted by molar-refractivity contribution is -0.286. The van der Waals surface area contributed by atoms with Crippen LogP contribution in [0.3, 0.4) is 0 Å². The van der Waals surface area contributed by atoms with Crippen molar-refractivity contribution >= 4 is 23.0 Å². The molecule has 1 heterocycles. The topological polar surface area (TPSA) is 51.8 Å². The van der Waals surface area contributed by atoms with Gasteiger partial charge in [-0.15, -0.1) is 8.78 Å². The van der Waals surface area contributed by atoms with Crippen LogP contribution in [0.1, 0.15) is 0 Å². The molecular formula is C11H12F2N2O3S. The first-order valence-electron chi connectivity index (χ1n) is 5.44. The fourth-order valence-electron chi connectivity index (χ4n) is 1.47. The molecule has 0 saturated carbocycles. The van der Waals surface area contributed by atoms with Crippen molar-refractivity contribution in [1.82, 2.24) is 5.32 Å². The Balaban J connectivity index is 1.95. The molecule has 5 nitrogen and oxygen atoms in total. The molecule has 0 radical (unpaired) electrons. The van der Waals surface area contributed by atoms with Gasteiger partial charge >= 0.3 is 6.29 Å². The number of benzene rings is 1. The van der Waals surface area contributed by atoms with Crippen molar-refractivity contribution < 1.29 is 23.0 Å². The molecule has 2 rings (SSSR count). The van der Waals surface area contributed by atoms with Crippen molar-refractivity contribution in [3.8, 4) is 11.5 Å². The van der Waals surface area contributed by atoms with Gasteiger partial charge in [-0.3, -0.25) is 0 Å². The van der Waals surface area contributed by atoms with Gasteiger partial charge in [0.05, 0.1) is 6.61 Å². The van der Waals surface area contributed by atoms with Gasteiger partial charge in [-0.2, -0.15) is 0 Å². The molecule has 0 spiro atoms. The average Bonchev–Trinajstić information content (AvgIpc) is 2.62. The molecule has 0 aromatic heterocycles. The van der Waals surface area contributed by atoms with Gasteiger partial charge in [0.25, 0.3) is 0 Å². The van der Waals surface area contributed by atoms with Crippen LogP contribution in [0.4, 0.5) is 14.5 Å². The first-order valence-corrected chi connectivity index (χ1v) is 5.85. The van der Waals surface area contributed by atoms with Gasteiger partial charge in [-0.1, -0.05) is 0 Å². The number of hydrogen-bond acceptors (Lipinski definition) is 4. The number of rotatable bonds is 4. The largest absolute Gasteiger partial charge is 0.586 e. The van der Waals surface area contributed by atoms with Gasteiger partial charge in [0.15, 0.2) is 16.6 Å². The second-order valence-corrected chi connectivity index (χ2v) is 4.11. The molecule has 1 aliphatic heterocycles. The van der Waals surface area contributed by atoms with Crippen LogP contribution in [-0.2, 0) is 4.74 Å². The van der Waals surface area contributed by atoms with Crippen molar-refractivity contribution in [2.75, 3.05) is 25.6 Å². The van der Waals surface area contributed by atoms with Gasteiger partial charge in [-0.05, 0) is 24.4 Å². The quantitative estimate of drug-likeness (QED) is 0.653. The van der Waals surface area contributed by atoms with E-state index in [1.165, 1.54) is 12.1 Å². The van der Waals surface area contributed by atoms with E-state index in [9.17, 15) is 8.78 Å². The highest BCUT2D eigenvalue weighted by atomic mass is 32.1. The van der Waals surface area contributed by atoms with Crippen LogP contribution in [0, 0.1) is 0 Å². The first-order chi connectivity index (χ1) is 9.00. The van der Waals surface area contributed by atoms with Crippen molar-refractivity contribution in [2.45, 2.75) is 6.29 Å². The molecule has 0 aliphatic carbocycles. The zero-order chi connectivity index (χ0) is 13.9. The maximum Gasteiger partial charge on any atom is 0.586 e. The molecule has 8 heteroatoms. The average molecular weight is 290 g/mol. The molecule has 1 aliphatic rings. The van der Waals surface area contributed by atoms with Crippen molar-refractivity contribution in [2.24, 2.45) is 0 Å². The minimum atomic E-state index is -3.61. The van der Waals surface area contributed by atoms with E-state index in [2.05, 4.69) is 20.1 Å². The highest BCUT2D eigenvalue weighted by molar-refractivity contribution is 7.80. The normalized spacial score (nSPS) is 15.1. The molecule has 19 heavy (non-hydrogen) atoms. The van der Waals surface area contributed by atoms with E-state index in [0.29, 0.717) is 24.0 Å². The number of thiocarbonyl (C=S) groups is 1. The number of alkyl halides is 2. The van der Waals surface area contributed by atoms with Gasteiger partial charge < -0.3 is 24.8 Å². The predicted molar refractivity (Wildman–Crippen MR) is 68.7 cm³/mol. The maximum atomic E-state index is 12.8. The number of fused-ring (bicyclic) bond motifs is 1. The number of nitrogens with one attached hydrogen (secondary N) is 2. The number of methoxy groups -OCH3 is 1. The summed E-state index contributed by atoms with van der Waals surface area (Å²) in [7, 11) is 1.58. The van der Waals surface area contributed by atoms with E-state index in [1.807, 2.05) is 0 Å². The van der Waals surface area contributed by atoms with E-state index in [0.717, 1.165) is 0 Å². The molecule has 0 fully saturated rings. The van der Waals surface area contributed by atoms with Gasteiger partial charge in [0, 0.05) is 25.4 Å². The lowest BCUT2D eigenvalue weighted by Gasteiger charge is -2.10. The second kappa shape index (κ2) is 5.54. The van der Waals surface area contributed by atoms with Crippen LogP contribution in [-0.4, -0.2) is 31.7 Å². The van der Waals surface area contributed by atoms with E-state index in [4.69, 9.17) is 17.0 Å². The van der Waals surface area contributed by atoms with Crippen LogP contribution in [0.25, 0.3) is 0 Å². The highest BCUT2D eigenvalue weighted by Crippen LogP contribution is 2.42. The zero-order valence-electron chi connectivity index (χ0n) is 10.0. The minimum Gasteiger partial charge on any atom is -0.395 e. The van der Waals surface area contributed by atoms with Crippen molar-refractivity contribution in [1.29, 1.82) is 0 Å². The third-order valence-electron chi connectivity index (χ3n) is 2.25. The Morgan fingerprint density at radius 2 is 2.11 bits per heavy atom. The Bertz CT molecular complexity index is 485. The third-order valence-corrected chi connectivity index (χ3v) is 2.50. The third kappa shape index (κ3) is 3.65. The fourth-order valence-corrected chi connectivity index (χ4v) is 1.69. The Morgan fingerprint density at radius 3 is 2.84 bits per heavy atom. The van der Waals surface area contributed by atoms with Crippen molar-refractivity contribution in [3.05, 3.63) is 18.2 Å². The second-order valence-electron chi connectivity index (χ2n) is 3.70. The smallest absolute Gasteiger partial charge is 0.395 e. The molecular weight excluding hydrogens is 278 g/mol. The molecule has 0 bridgehead atoms. The summed E-state index contributed by atoms with van der Waals surface area (Å²) in [6.45, 7) is 1.06. The number of halogens is 2. The molecule has 1 aromatic carbocycles. The summed E-state index contributed by atoms with van der Waals surface area (Å²) in [5, 5.41) is 6.10. The SMILES string of the molecule is COCCNC(=S)Nc1ccc2c(c1)OC(F)(F)O2. The Labute approximate surface area is 113 Å². The van der Waals surface area contributed by atoms with Crippen LogP contribution >= 0.6 is 12.2 Å². The summed E-state index contributed by atoms with van der Waals surface area (Å²) < 4.78 is 39.1. The minimum absolute atomic E-state index is 0.00573. The van der Waals surface area contributed by atoms with E-state index >= 15 is 0 Å². The lowest BCUT2D eigenvalue weighted by Crippen LogP contribution is -2.31. The molecule has 0 atom stereocenters. The van der Waals surface area contributed by atoms with Crippen LogP contribution in [0.15, 0.2) is 18.2 Å². The van der Waals surface area contributed by atoms with E-state index < -0.39 is 6.29 Å². The van der Waals surface area contributed by atoms with Crippen LogP contribution in [0.5, 0.6) is 11.5 Å². The highest BCUT2D eigenvalue weighted by Gasteiger charge is 2.43. The van der Waals surface area contributed by atoms with Crippen LogP contribution in [0.2, 0.25) is 0 Å². The first kappa shape index (κ1) is 13.8. The summed E-state index contributed by atoms with van der Waals surface area (Å²) in [6, 6.07) is 4.34. The summed E-state index contributed by atoms with van der Waals surface area (Å²) in [5.41, 5.74) is 0.523.